The first-order valence-corrected chi connectivity index (χ1v) is 6.01. The van der Waals surface area contributed by atoms with Gasteiger partial charge in [-0.15, -0.1) is 0 Å². The summed E-state index contributed by atoms with van der Waals surface area (Å²) in [6, 6.07) is 7.95. The molecule has 0 radical (unpaired) electrons. The molecular formula is C16H20N2. The van der Waals surface area contributed by atoms with Crippen LogP contribution in [0.1, 0.15) is 25.8 Å². The highest BCUT2D eigenvalue weighted by Crippen LogP contribution is 2.25. The van der Waals surface area contributed by atoms with Crippen molar-refractivity contribution in [1.29, 1.82) is 0 Å². The minimum absolute atomic E-state index is 0.747. The van der Waals surface area contributed by atoms with Crippen LogP contribution in [0.2, 0.25) is 0 Å². The second-order valence-electron chi connectivity index (χ2n) is 3.96. The maximum absolute atomic E-state index is 4.58. The van der Waals surface area contributed by atoms with E-state index >= 15 is 0 Å². The van der Waals surface area contributed by atoms with Crippen LogP contribution in [-0.2, 0) is 0 Å². The van der Waals surface area contributed by atoms with E-state index < -0.39 is 0 Å². The first-order valence-electron chi connectivity index (χ1n) is 6.01. The van der Waals surface area contributed by atoms with Crippen LogP contribution in [0.25, 0.3) is 6.08 Å². The molecule has 94 valence electrons. The van der Waals surface area contributed by atoms with Crippen LogP contribution in [0.15, 0.2) is 60.9 Å². The number of nitrogens with zero attached hydrogens (tertiary/aromatic N) is 2. The monoisotopic (exact) mass is 240 g/mol. The molecule has 0 amide bonds. The van der Waals surface area contributed by atoms with Crippen molar-refractivity contribution in [3.63, 3.8) is 0 Å². The van der Waals surface area contributed by atoms with Gasteiger partial charge >= 0.3 is 0 Å². The summed E-state index contributed by atoms with van der Waals surface area (Å²) in [4.78, 5) is 0. The predicted octanol–water partition coefficient (Wildman–Crippen LogP) is 4.62. The van der Waals surface area contributed by atoms with E-state index in [4.69, 9.17) is 0 Å². The Hall–Kier alpha value is -2.09. The number of hydrogen-bond acceptors (Lipinski definition) is 2. The van der Waals surface area contributed by atoms with Crippen molar-refractivity contribution in [2.24, 2.45) is 5.10 Å². The van der Waals surface area contributed by atoms with Gasteiger partial charge in [0, 0.05) is 5.71 Å². The zero-order chi connectivity index (χ0) is 13.5. The van der Waals surface area contributed by atoms with E-state index in [1.807, 2.05) is 42.3 Å². The van der Waals surface area contributed by atoms with E-state index in [0.717, 1.165) is 29.1 Å². The van der Waals surface area contributed by atoms with Crippen molar-refractivity contribution in [2.45, 2.75) is 20.3 Å². The van der Waals surface area contributed by atoms with Crippen LogP contribution >= 0.6 is 0 Å². The van der Waals surface area contributed by atoms with Gasteiger partial charge in [0.2, 0.25) is 0 Å². The molecule has 18 heavy (non-hydrogen) atoms. The van der Waals surface area contributed by atoms with Crippen molar-refractivity contribution in [1.82, 2.24) is 0 Å². The summed E-state index contributed by atoms with van der Waals surface area (Å²) >= 11 is 0. The van der Waals surface area contributed by atoms with Crippen LogP contribution in [0, 0.1) is 0 Å². The third kappa shape index (κ3) is 3.20. The van der Waals surface area contributed by atoms with Gasteiger partial charge < -0.3 is 0 Å². The van der Waals surface area contributed by atoms with Gasteiger partial charge in [0.15, 0.2) is 0 Å². The van der Waals surface area contributed by atoms with Gasteiger partial charge in [-0.1, -0.05) is 50.9 Å². The van der Waals surface area contributed by atoms with E-state index in [2.05, 4.69) is 31.8 Å². The summed E-state index contributed by atoms with van der Waals surface area (Å²) in [5, 5.41) is 6.38. The zero-order valence-corrected chi connectivity index (χ0v) is 11.2. The Bertz CT molecular complexity index is 484. The minimum atomic E-state index is 0.747. The lowest BCUT2D eigenvalue weighted by Crippen LogP contribution is -2.16. The summed E-state index contributed by atoms with van der Waals surface area (Å²) in [5.41, 5.74) is 3.77. The van der Waals surface area contributed by atoms with E-state index in [0.29, 0.717) is 0 Å². The fourth-order valence-electron chi connectivity index (χ4n) is 1.45. The minimum Gasteiger partial charge on any atom is -0.234 e. The topological polar surface area (TPSA) is 15.6 Å². The summed E-state index contributed by atoms with van der Waals surface area (Å²) < 4.78 is 0. The maximum Gasteiger partial charge on any atom is 0.0724 e. The molecule has 0 unspecified atom stereocenters. The number of hydrogen-bond donors (Lipinski definition) is 0. The predicted molar refractivity (Wildman–Crippen MR) is 81.7 cm³/mol. The molecule has 0 aromatic heterocycles. The molecule has 0 atom stereocenters. The number of allylic oxidation sites excluding steroid dienone is 1. The van der Waals surface area contributed by atoms with Crippen LogP contribution in [0.5, 0.6) is 0 Å². The Morgan fingerprint density at radius 3 is 2.56 bits per heavy atom. The Kier molecular flexibility index (Phi) is 5.12. The number of rotatable bonds is 6. The highest BCUT2D eigenvalue weighted by molar-refractivity contribution is 5.83. The average Bonchev–Trinajstić information content (AvgIpc) is 2.43. The Morgan fingerprint density at radius 1 is 1.33 bits per heavy atom. The quantitative estimate of drug-likeness (QED) is 0.402. The summed E-state index contributed by atoms with van der Waals surface area (Å²) in [6.07, 6.45) is 4.42. The SMILES string of the molecule is C=CC(=C)N(/N=C(\C)CC)c1ccccc1C=C. The van der Waals surface area contributed by atoms with Crippen LogP contribution in [-0.4, -0.2) is 5.71 Å². The molecule has 0 aliphatic carbocycles. The Morgan fingerprint density at radius 2 is 2.00 bits per heavy atom. The van der Waals surface area contributed by atoms with Crippen molar-refractivity contribution < 1.29 is 0 Å². The molecule has 0 saturated heterocycles. The molecule has 0 N–H and O–H groups in total. The van der Waals surface area contributed by atoms with E-state index in [9.17, 15) is 0 Å². The molecule has 1 rings (SSSR count). The van der Waals surface area contributed by atoms with Gasteiger partial charge in [0.1, 0.15) is 0 Å². The van der Waals surface area contributed by atoms with Gasteiger partial charge in [-0.3, -0.25) is 0 Å². The second-order valence-corrected chi connectivity index (χ2v) is 3.96. The van der Waals surface area contributed by atoms with Crippen molar-refractivity contribution in [2.75, 3.05) is 5.01 Å². The highest BCUT2D eigenvalue weighted by Gasteiger charge is 2.10. The van der Waals surface area contributed by atoms with Crippen molar-refractivity contribution in [3.05, 3.63) is 61.3 Å². The Balaban J connectivity index is 3.30. The summed E-state index contributed by atoms with van der Waals surface area (Å²) in [6.45, 7) is 15.6. The normalized spacial score (nSPS) is 10.9. The first kappa shape index (κ1) is 14.0. The van der Waals surface area contributed by atoms with Crippen LogP contribution in [0.4, 0.5) is 5.69 Å². The molecule has 2 heteroatoms. The van der Waals surface area contributed by atoms with Gasteiger partial charge in [0.05, 0.1) is 11.4 Å². The van der Waals surface area contributed by atoms with Gasteiger partial charge in [-0.2, -0.15) is 5.10 Å². The molecule has 0 fully saturated rings. The fraction of sp³-hybridized carbons (Fsp3) is 0.188. The van der Waals surface area contributed by atoms with Gasteiger partial charge in [-0.25, -0.2) is 5.01 Å². The van der Waals surface area contributed by atoms with E-state index in [-0.39, 0.29) is 0 Å². The van der Waals surface area contributed by atoms with Crippen LogP contribution in [0.3, 0.4) is 0 Å². The lowest BCUT2D eigenvalue weighted by Gasteiger charge is -2.22. The van der Waals surface area contributed by atoms with Crippen molar-refractivity contribution in [3.8, 4) is 0 Å². The molecule has 0 spiro atoms. The number of para-hydroxylation sites is 1. The molecule has 1 aromatic rings. The Labute approximate surface area is 110 Å². The van der Waals surface area contributed by atoms with Crippen LogP contribution < -0.4 is 5.01 Å². The summed E-state index contributed by atoms with van der Waals surface area (Å²) in [7, 11) is 0. The van der Waals surface area contributed by atoms with E-state index in [1.165, 1.54) is 0 Å². The number of benzene rings is 1. The zero-order valence-electron chi connectivity index (χ0n) is 11.2. The third-order valence-electron chi connectivity index (χ3n) is 2.67. The fourth-order valence-corrected chi connectivity index (χ4v) is 1.45. The van der Waals surface area contributed by atoms with Crippen molar-refractivity contribution >= 4 is 17.5 Å². The molecule has 1 aromatic carbocycles. The smallest absolute Gasteiger partial charge is 0.0724 e. The largest absolute Gasteiger partial charge is 0.234 e. The highest BCUT2D eigenvalue weighted by atomic mass is 15.5. The van der Waals surface area contributed by atoms with Gasteiger partial charge in [-0.05, 0) is 31.1 Å². The molecule has 0 aliphatic rings. The third-order valence-corrected chi connectivity index (χ3v) is 2.67. The lowest BCUT2D eigenvalue weighted by molar-refractivity contribution is 1.01. The first-order chi connectivity index (χ1) is 8.63. The molecule has 0 heterocycles. The molecular weight excluding hydrogens is 220 g/mol. The summed E-state index contributed by atoms with van der Waals surface area (Å²) in [5.74, 6) is 0. The van der Waals surface area contributed by atoms with E-state index in [1.54, 1.807) is 6.08 Å². The molecule has 0 bridgehead atoms. The molecule has 0 aliphatic heterocycles. The lowest BCUT2D eigenvalue weighted by atomic mass is 10.1. The second kappa shape index (κ2) is 6.60. The average molecular weight is 240 g/mol. The standard InChI is InChI=1S/C16H20N2/c1-6-13(4)17-18(14(5)7-2)16-12-10-9-11-15(16)8-3/h7-12H,2-3,5-6H2,1,4H3/b17-13+. The van der Waals surface area contributed by atoms with Gasteiger partial charge in [0.25, 0.3) is 0 Å². The molecule has 0 saturated carbocycles. The number of hydrazone groups is 1. The maximum atomic E-state index is 4.58. The number of anilines is 1. The molecule has 2 nitrogen and oxygen atoms in total.